The molecule has 0 N–H and O–H groups in total. The molecule has 1 aliphatic rings. The van der Waals surface area contributed by atoms with Gasteiger partial charge < -0.3 is 0 Å². The molecule has 1 nitrogen and oxygen atoms in total. The Bertz CT molecular complexity index is 465. The zero-order valence-corrected chi connectivity index (χ0v) is 10.7. The monoisotopic (exact) mass is 256 g/mol. The third kappa shape index (κ3) is 2.10. The first-order valence-corrected chi connectivity index (χ1v) is 6.57. The van der Waals surface area contributed by atoms with Crippen LogP contribution in [0.5, 0.6) is 0 Å². The fourth-order valence-corrected chi connectivity index (χ4v) is 3.33. The zero-order chi connectivity index (χ0) is 12.6. The summed E-state index contributed by atoms with van der Waals surface area (Å²) < 4.78 is 26.6. The molecule has 1 atom stereocenters. The van der Waals surface area contributed by atoms with Crippen molar-refractivity contribution in [2.45, 2.75) is 31.4 Å². The largest absolute Gasteiger partial charge is 0.292 e. The molecule has 1 aliphatic heterocycles. The SMILES string of the molecule is Cc1ccc(C(=O)C2(C)CCCS2)c(F)c1F. The molecule has 0 amide bonds. The summed E-state index contributed by atoms with van der Waals surface area (Å²) in [7, 11) is 0. The second kappa shape index (κ2) is 4.41. The smallest absolute Gasteiger partial charge is 0.181 e. The third-order valence-corrected chi connectivity index (χ3v) is 4.74. The Balaban J connectivity index is 2.41. The molecule has 0 bridgehead atoms. The van der Waals surface area contributed by atoms with Crippen LogP contribution in [0.2, 0.25) is 0 Å². The lowest BCUT2D eigenvalue weighted by Gasteiger charge is -2.21. The first-order chi connectivity index (χ1) is 7.96. The van der Waals surface area contributed by atoms with Gasteiger partial charge in [0.2, 0.25) is 0 Å². The Morgan fingerprint density at radius 3 is 2.65 bits per heavy atom. The number of thioether (sulfide) groups is 1. The molecule has 1 heterocycles. The van der Waals surface area contributed by atoms with E-state index in [1.54, 1.807) is 0 Å². The molecule has 1 aromatic rings. The highest BCUT2D eigenvalue weighted by Crippen LogP contribution is 2.40. The standard InChI is InChI=1S/C13H14F2OS/c1-8-4-5-9(11(15)10(8)14)12(16)13(2)6-3-7-17-13/h4-5H,3,6-7H2,1-2H3. The average Bonchev–Trinajstić information content (AvgIpc) is 2.74. The molecular weight excluding hydrogens is 242 g/mol. The fourth-order valence-electron chi connectivity index (χ4n) is 2.06. The van der Waals surface area contributed by atoms with Crippen molar-refractivity contribution in [2.75, 3.05) is 5.75 Å². The van der Waals surface area contributed by atoms with Gasteiger partial charge in [-0.15, -0.1) is 11.8 Å². The molecule has 92 valence electrons. The topological polar surface area (TPSA) is 17.1 Å². The predicted molar refractivity (Wildman–Crippen MR) is 65.5 cm³/mol. The van der Waals surface area contributed by atoms with Gasteiger partial charge in [-0.05, 0) is 44.1 Å². The van der Waals surface area contributed by atoms with Crippen LogP contribution in [0.15, 0.2) is 12.1 Å². The first kappa shape index (κ1) is 12.6. The van der Waals surface area contributed by atoms with E-state index >= 15 is 0 Å². The fraction of sp³-hybridized carbons (Fsp3) is 0.462. The van der Waals surface area contributed by atoms with Crippen LogP contribution in [-0.4, -0.2) is 16.3 Å². The van der Waals surface area contributed by atoms with Crippen LogP contribution in [0.3, 0.4) is 0 Å². The van der Waals surface area contributed by atoms with Crippen LogP contribution < -0.4 is 0 Å². The number of hydrogen-bond donors (Lipinski definition) is 0. The summed E-state index contributed by atoms with van der Waals surface area (Å²) in [6.07, 6.45) is 1.67. The Labute approximate surface area is 104 Å². The van der Waals surface area contributed by atoms with Crippen LogP contribution in [0, 0.1) is 18.6 Å². The van der Waals surface area contributed by atoms with Crippen molar-refractivity contribution in [1.82, 2.24) is 0 Å². The van der Waals surface area contributed by atoms with E-state index < -0.39 is 16.4 Å². The molecule has 17 heavy (non-hydrogen) atoms. The number of hydrogen-bond acceptors (Lipinski definition) is 2. The minimum absolute atomic E-state index is 0.120. The number of benzene rings is 1. The molecular formula is C13H14F2OS. The second-order valence-corrected chi connectivity index (χ2v) is 6.17. The third-order valence-electron chi connectivity index (χ3n) is 3.22. The van der Waals surface area contributed by atoms with E-state index in [1.165, 1.54) is 30.8 Å². The highest BCUT2D eigenvalue weighted by atomic mass is 32.2. The molecule has 0 aromatic heterocycles. The lowest BCUT2D eigenvalue weighted by Crippen LogP contribution is -2.29. The molecule has 2 rings (SSSR count). The number of carbonyl (C=O) groups excluding carboxylic acids is 1. The summed E-state index contributed by atoms with van der Waals surface area (Å²) in [6.45, 7) is 3.29. The molecule has 0 radical (unpaired) electrons. The van der Waals surface area contributed by atoms with Crippen molar-refractivity contribution in [1.29, 1.82) is 0 Å². The van der Waals surface area contributed by atoms with Gasteiger partial charge in [0.25, 0.3) is 0 Å². The summed E-state index contributed by atoms with van der Waals surface area (Å²) in [4.78, 5) is 12.2. The first-order valence-electron chi connectivity index (χ1n) is 5.59. The van der Waals surface area contributed by atoms with Gasteiger partial charge in [0.1, 0.15) is 0 Å². The molecule has 0 aliphatic carbocycles. The number of carbonyl (C=O) groups is 1. The number of ketones is 1. The zero-order valence-electron chi connectivity index (χ0n) is 9.85. The Morgan fingerprint density at radius 2 is 2.06 bits per heavy atom. The lowest BCUT2D eigenvalue weighted by molar-refractivity contribution is 0.0944. The molecule has 1 fully saturated rings. The molecule has 1 saturated heterocycles. The van der Waals surface area contributed by atoms with E-state index in [-0.39, 0.29) is 16.9 Å². The number of aryl methyl sites for hydroxylation is 1. The average molecular weight is 256 g/mol. The van der Waals surface area contributed by atoms with Crippen LogP contribution in [0.4, 0.5) is 8.78 Å². The second-order valence-electron chi connectivity index (χ2n) is 4.57. The van der Waals surface area contributed by atoms with E-state index in [9.17, 15) is 13.6 Å². The van der Waals surface area contributed by atoms with Crippen molar-refractivity contribution in [2.24, 2.45) is 0 Å². The summed E-state index contributed by atoms with van der Waals surface area (Å²) in [5, 5.41) is 0. The van der Waals surface area contributed by atoms with Gasteiger partial charge in [-0.3, -0.25) is 4.79 Å². The normalized spacial score (nSPS) is 24.0. The molecule has 1 unspecified atom stereocenters. The maximum atomic E-state index is 13.7. The Kier molecular flexibility index (Phi) is 3.25. The van der Waals surface area contributed by atoms with Crippen molar-refractivity contribution >= 4 is 17.5 Å². The maximum Gasteiger partial charge on any atom is 0.181 e. The molecule has 0 spiro atoms. The minimum atomic E-state index is -1.01. The Morgan fingerprint density at radius 1 is 1.35 bits per heavy atom. The lowest BCUT2D eigenvalue weighted by atomic mass is 9.93. The maximum absolute atomic E-state index is 13.7. The summed E-state index contributed by atoms with van der Waals surface area (Å²) in [5.74, 6) is -1.32. The van der Waals surface area contributed by atoms with Crippen LogP contribution in [-0.2, 0) is 0 Å². The van der Waals surface area contributed by atoms with Crippen molar-refractivity contribution in [3.05, 3.63) is 34.9 Å². The van der Waals surface area contributed by atoms with Crippen LogP contribution in [0.1, 0.15) is 35.7 Å². The number of rotatable bonds is 2. The van der Waals surface area contributed by atoms with E-state index in [0.717, 1.165) is 18.6 Å². The van der Waals surface area contributed by atoms with Gasteiger partial charge in [-0.25, -0.2) is 8.78 Å². The number of Topliss-reactive ketones (excluding diaryl/α,β-unsaturated/α-hetero) is 1. The van der Waals surface area contributed by atoms with Gasteiger partial charge >= 0.3 is 0 Å². The van der Waals surface area contributed by atoms with Gasteiger partial charge in [0.05, 0.1) is 10.3 Å². The predicted octanol–water partition coefficient (Wildman–Crippen LogP) is 3.74. The Hall–Kier alpha value is -0.900. The van der Waals surface area contributed by atoms with Crippen LogP contribution >= 0.6 is 11.8 Å². The summed E-state index contributed by atoms with van der Waals surface area (Å²) >= 11 is 1.53. The van der Waals surface area contributed by atoms with Gasteiger partial charge in [0.15, 0.2) is 17.4 Å². The van der Waals surface area contributed by atoms with E-state index in [0.29, 0.717) is 0 Å². The quantitative estimate of drug-likeness (QED) is 0.750. The van der Waals surface area contributed by atoms with Crippen molar-refractivity contribution < 1.29 is 13.6 Å². The summed E-state index contributed by atoms with van der Waals surface area (Å²) in [6, 6.07) is 2.84. The van der Waals surface area contributed by atoms with Gasteiger partial charge in [-0.2, -0.15) is 0 Å². The van der Waals surface area contributed by atoms with Crippen LogP contribution in [0.25, 0.3) is 0 Å². The van der Waals surface area contributed by atoms with Crippen molar-refractivity contribution in [3.63, 3.8) is 0 Å². The molecule has 0 saturated carbocycles. The number of halogens is 2. The highest BCUT2D eigenvalue weighted by Gasteiger charge is 2.39. The highest BCUT2D eigenvalue weighted by molar-refractivity contribution is 8.01. The van der Waals surface area contributed by atoms with Gasteiger partial charge in [0, 0.05) is 0 Å². The van der Waals surface area contributed by atoms with E-state index in [1.807, 2.05) is 6.92 Å². The van der Waals surface area contributed by atoms with Crippen molar-refractivity contribution in [3.8, 4) is 0 Å². The molecule has 4 heteroatoms. The van der Waals surface area contributed by atoms with E-state index in [2.05, 4.69) is 0 Å². The minimum Gasteiger partial charge on any atom is -0.292 e. The van der Waals surface area contributed by atoms with E-state index in [4.69, 9.17) is 0 Å². The van der Waals surface area contributed by atoms with Gasteiger partial charge in [-0.1, -0.05) is 6.07 Å². The molecule has 1 aromatic carbocycles. The summed E-state index contributed by atoms with van der Waals surface area (Å²) in [5.41, 5.74) is 0.105.